The summed E-state index contributed by atoms with van der Waals surface area (Å²) in [7, 11) is 0. The van der Waals surface area contributed by atoms with E-state index in [-0.39, 0.29) is 5.56 Å². The Morgan fingerprint density at radius 2 is 2.23 bits per heavy atom. The molecule has 1 heterocycles. The summed E-state index contributed by atoms with van der Waals surface area (Å²) in [5, 5.41) is 10.4. The third-order valence-corrected chi connectivity index (χ3v) is 1.65. The van der Waals surface area contributed by atoms with Crippen LogP contribution < -0.4 is 10.9 Å². The number of hydrogen-bond donors (Lipinski definition) is 1. The third kappa shape index (κ3) is 1.20. The lowest BCUT2D eigenvalue weighted by Crippen LogP contribution is -2.21. The topological polar surface area (TPSA) is 86.1 Å². The summed E-state index contributed by atoms with van der Waals surface area (Å²) in [5.74, 6) is -1.89. The fraction of sp³-hybridized carbons (Fsp3) is 0. The van der Waals surface area contributed by atoms with Gasteiger partial charge in [0.2, 0.25) is 0 Å². The van der Waals surface area contributed by atoms with Gasteiger partial charge in [-0.3, -0.25) is 4.98 Å². The maximum absolute atomic E-state index is 10.7. The summed E-state index contributed by atoms with van der Waals surface area (Å²) in [5.41, 5.74) is 0.686. The number of carbonyl (C=O) groups excluding carboxylic acids is 1. The zero-order chi connectivity index (χ0) is 9.42. The predicted octanol–water partition coefficient (Wildman–Crippen LogP) is -0.515. The Kier molecular flexibility index (Phi) is 1.45. The lowest BCUT2D eigenvalue weighted by Gasteiger charge is -1.99. The Morgan fingerprint density at radius 1 is 1.46 bits per heavy atom. The first-order chi connectivity index (χ1) is 6.16. The van der Waals surface area contributed by atoms with Gasteiger partial charge in [-0.1, -0.05) is 0 Å². The van der Waals surface area contributed by atoms with Crippen molar-refractivity contribution in [2.75, 3.05) is 0 Å². The van der Waals surface area contributed by atoms with Crippen LogP contribution >= 0.6 is 0 Å². The van der Waals surface area contributed by atoms with Crippen molar-refractivity contribution >= 4 is 17.1 Å². The number of H-pyrrole nitrogens is 1. The summed E-state index contributed by atoms with van der Waals surface area (Å²) >= 11 is 0. The normalized spacial score (nSPS) is 10.5. The molecule has 0 bridgehead atoms. The van der Waals surface area contributed by atoms with Crippen LogP contribution in [0, 0.1) is 0 Å². The van der Waals surface area contributed by atoms with E-state index in [0.717, 1.165) is 0 Å². The van der Waals surface area contributed by atoms with Crippen molar-refractivity contribution in [2.45, 2.75) is 0 Å². The van der Waals surface area contributed by atoms with Gasteiger partial charge in [-0.25, -0.2) is 4.79 Å². The number of aromatic nitrogens is 1. The van der Waals surface area contributed by atoms with E-state index in [1.807, 2.05) is 0 Å². The number of carboxylic acids is 1. The maximum atomic E-state index is 10.7. The van der Waals surface area contributed by atoms with Crippen molar-refractivity contribution in [3.63, 3.8) is 0 Å². The molecule has 0 aliphatic carbocycles. The van der Waals surface area contributed by atoms with Gasteiger partial charge in [0.1, 0.15) is 0 Å². The van der Waals surface area contributed by atoms with E-state index < -0.39 is 11.7 Å². The minimum atomic E-state index is -1.29. The summed E-state index contributed by atoms with van der Waals surface area (Å²) in [4.78, 5) is 23.4. The number of aromatic amines is 1. The van der Waals surface area contributed by atoms with Crippen molar-refractivity contribution in [2.24, 2.45) is 0 Å². The second kappa shape index (κ2) is 2.48. The largest absolute Gasteiger partial charge is 0.545 e. The summed E-state index contributed by atoms with van der Waals surface area (Å²) in [6.07, 6.45) is 0. The first kappa shape index (κ1) is 7.60. The van der Waals surface area contributed by atoms with Crippen molar-refractivity contribution < 1.29 is 14.3 Å². The SMILES string of the molecule is O=C([O-])c1ccc2oc(=O)[nH]c2c1. The van der Waals surface area contributed by atoms with Crippen LogP contribution in [0.2, 0.25) is 0 Å². The smallest absolute Gasteiger partial charge is 0.417 e. The van der Waals surface area contributed by atoms with Gasteiger partial charge >= 0.3 is 5.76 Å². The minimum Gasteiger partial charge on any atom is -0.545 e. The molecule has 13 heavy (non-hydrogen) atoms. The fourth-order valence-electron chi connectivity index (χ4n) is 1.08. The van der Waals surface area contributed by atoms with E-state index in [2.05, 4.69) is 9.40 Å². The average molecular weight is 178 g/mol. The molecule has 0 aliphatic rings. The minimum absolute atomic E-state index is 0.00421. The van der Waals surface area contributed by atoms with Crippen LogP contribution in [0.1, 0.15) is 10.4 Å². The first-order valence-corrected chi connectivity index (χ1v) is 3.51. The second-order valence-electron chi connectivity index (χ2n) is 2.51. The molecule has 66 valence electrons. The van der Waals surface area contributed by atoms with Crippen molar-refractivity contribution in [1.29, 1.82) is 0 Å². The molecule has 5 nitrogen and oxygen atoms in total. The molecule has 0 amide bonds. The number of carboxylic acid groups (broad SMARTS) is 1. The van der Waals surface area contributed by atoms with Crippen molar-refractivity contribution in [1.82, 2.24) is 4.98 Å². The molecule has 0 radical (unpaired) electrons. The molecule has 2 rings (SSSR count). The van der Waals surface area contributed by atoms with E-state index in [1.165, 1.54) is 18.2 Å². The number of hydrogen-bond acceptors (Lipinski definition) is 4. The molecule has 0 atom stereocenters. The Labute approximate surface area is 71.6 Å². The summed E-state index contributed by atoms with van der Waals surface area (Å²) < 4.78 is 4.68. The van der Waals surface area contributed by atoms with Gasteiger partial charge in [-0.2, -0.15) is 0 Å². The van der Waals surface area contributed by atoms with E-state index in [1.54, 1.807) is 0 Å². The lowest BCUT2D eigenvalue weighted by atomic mass is 10.2. The van der Waals surface area contributed by atoms with Gasteiger partial charge in [0.05, 0.1) is 11.5 Å². The van der Waals surface area contributed by atoms with E-state index >= 15 is 0 Å². The zero-order valence-corrected chi connectivity index (χ0v) is 6.37. The molecule has 1 aromatic carbocycles. The second-order valence-corrected chi connectivity index (χ2v) is 2.51. The third-order valence-electron chi connectivity index (χ3n) is 1.65. The average Bonchev–Trinajstić information content (AvgIpc) is 2.42. The molecule has 0 spiro atoms. The lowest BCUT2D eigenvalue weighted by molar-refractivity contribution is -0.255. The number of nitrogens with one attached hydrogen (secondary N) is 1. The van der Waals surface area contributed by atoms with Crippen LogP contribution in [0.3, 0.4) is 0 Å². The first-order valence-electron chi connectivity index (χ1n) is 3.51. The quantitative estimate of drug-likeness (QED) is 0.636. The molecule has 1 N–H and O–H groups in total. The van der Waals surface area contributed by atoms with Crippen molar-refractivity contribution in [3.05, 3.63) is 34.3 Å². The van der Waals surface area contributed by atoms with Crippen LogP contribution in [0.25, 0.3) is 11.1 Å². The number of fused-ring (bicyclic) bond motifs is 1. The van der Waals surface area contributed by atoms with Gasteiger partial charge in [0.25, 0.3) is 0 Å². The number of oxazole rings is 1. The van der Waals surface area contributed by atoms with Crippen LogP contribution in [-0.2, 0) is 0 Å². The number of rotatable bonds is 1. The van der Waals surface area contributed by atoms with E-state index in [9.17, 15) is 14.7 Å². The Bertz CT molecular complexity index is 522. The van der Waals surface area contributed by atoms with E-state index in [0.29, 0.717) is 11.1 Å². The van der Waals surface area contributed by atoms with Gasteiger partial charge in [0.15, 0.2) is 5.58 Å². The molecule has 0 aliphatic heterocycles. The molecule has 0 fully saturated rings. The molecular weight excluding hydrogens is 174 g/mol. The molecule has 0 saturated heterocycles. The standard InChI is InChI=1S/C8H5NO4/c10-7(11)4-1-2-6-5(3-4)9-8(12)13-6/h1-3H,(H,9,12)(H,10,11)/p-1. The van der Waals surface area contributed by atoms with Gasteiger partial charge < -0.3 is 14.3 Å². The van der Waals surface area contributed by atoms with Crippen LogP contribution in [0.5, 0.6) is 0 Å². The van der Waals surface area contributed by atoms with E-state index in [4.69, 9.17) is 0 Å². The number of aromatic carboxylic acids is 1. The summed E-state index contributed by atoms with van der Waals surface area (Å²) in [6, 6.07) is 4.00. The van der Waals surface area contributed by atoms with Crippen LogP contribution in [-0.4, -0.2) is 11.0 Å². The molecule has 2 aromatic rings. The van der Waals surface area contributed by atoms with Gasteiger partial charge in [-0.15, -0.1) is 0 Å². The Balaban J connectivity index is 2.74. The van der Waals surface area contributed by atoms with Gasteiger partial charge in [0, 0.05) is 0 Å². The highest BCUT2D eigenvalue weighted by molar-refractivity contribution is 5.90. The highest BCUT2D eigenvalue weighted by Gasteiger charge is 2.01. The Hall–Kier alpha value is -2.04. The predicted molar refractivity (Wildman–Crippen MR) is 41.2 cm³/mol. The Morgan fingerprint density at radius 3 is 2.92 bits per heavy atom. The molecule has 0 saturated carbocycles. The van der Waals surface area contributed by atoms with Crippen LogP contribution in [0.4, 0.5) is 0 Å². The van der Waals surface area contributed by atoms with Gasteiger partial charge in [-0.05, 0) is 23.8 Å². The highest BCUT2D eigenvalue weighted by Crippen LogP contribution is 2.11. The monoisotopic (exact) mass is 178 g/mol. The number of carbonyl (C=O) groups is 1. The molecular formula is C8H4NO4-. The summed E-state index contributed by atoms with van der Waals surface area (Å²) in [6.45, 7) is 0. The maximum Gasteiger partial charge on any atom is 0.417 e. The number of benzene rings is 1. The highest BCUT2D eigenvalue weighted by atomic mass is 16.4. The van der Waals surface area contributed by atoms with Crippen molar-refractivity contribution in [3.8, 4) is 0 Å². The molecule has 0 unspecified atom stereocenters. The zero-order valence-electron chi connectivity index (χ0n) is 6.37. The fourth-order valence-corrected chi connectivity index (χ4v) is 1.08. The molecule has 5 heteroatoms. The molecule has 1 aromatic heterocycles. The van der Waals surface area contributed by atoms with Crippen LogP contribution in [0.15, 0.2) is 27.4 Å².